The molecule has 1 aromatic carbocycles. The summed E-state index contributed by atoms with van der Waals surface area (Å²) in [5, 5.41) is 0. The van der Waals surface area contributed by atoms with Crippen LogP contribution in [-0.4, -0.2) is 9.97 Å². The molecular weight excluding hydrogens is 160 g/mol. The molecule has 13 heavy (non-hydrogen) atoms. The van der Waals surface area contributed by atoms with Crippen molar-refractivity contribution in [3.8, 4) is 0 Å². The van der Waals surface area contributed by atoms with Crippen LogP contribution in [0.2, 0.25) is 0 Å². The second-order valence-electron chi connectivity index (χ2n) is 2.87. The number of nitrogens with one attached hydrogen (secondary N) is 1. The van der Waals surface area contributed by atoms with Crippen molar-refractivity contribution in [2.75, 3.05) is 0 Å². The summed E-state index contributed by atoms with van der Waals surface area (Å²) in [4.78, 5) is 7.61. The van der Waals surface area contributed by atoms with Crippen molar-refractivity contribution >= 4 is 11.0 Å². The molecule has 2 nitrogen and oxygen atoms in total. The van der Waals surface area contributed by atoms with Gasteiger partial charge in [-0.3, -0.25) is 0 Å². The number of allylic oxidation sites excluding steroid dienone is 1. The van der Waals surface area contributed by atoms with Crippen LogP contribution in [0.3, 0.4) is 0 Å². The van der Waals surface area contributed by atoms with E-state index in [4.69, 9.17) is 0 Å². The van der Waals surface area contributed by atoms with E-state index in [2.05, 4.69) is 16.5 Å². The van der Waals surface area contributed by atoms with Crippen LogP contribution in [-0.2, 0) is 0 Å². The molecule has 1 N–H and O–H groups in total. The molecule has 0 spiro atoms. The first-order valence-electron chi connectivity index (χ1n) is 4.29. The molecule has 2 aromatic rings. The summed E-state index contributed by atoms with van der Waals surface area (Å²) in [5.41, 5.74) is 2.09. The molecule has 0 bridgehead atoms. The molecule has 0 aliphatic rings. The van der Waals surface area contributed by atoms with E-state index in [0.717, 1.165) is 23.3 Å². The predicted octanol–water partition coefficient (Wildman–Crippen LogP) is 2.69. The maximum Gasteiger partial charge on any atom is 0.111 e. The molecule has 65 valence electrons. The third-order valence-electron chi connectivity index (χ3n) is 1.89. The van der Waals surface area contributed by atoms with Crippen LogP contribution in [0.1, 0.15) is 12.2 Å². The number of para-hydroxylation sites is 2. The maximum absolute atomic E-state index is 4.39. The van der Waals surface area contributed by atoms with Crippen molar-refractivity contribution in [2.45, 2.75) is 6.42 Å². The van der Waals surface area contributed by atoms with Gasteiger partial charge in [-0.2, -0.15) is 0 Å². The van der Waals surface area contributed by atoms with Crippen LogP contribution in [0.5, 0.6) is 0 Å². The second kappa shape index (κ2) is 3.44. The lowest BCUT2D eigenvalue weighted by molar-refractivity contribution is 1.11. The van der Waals surface area contributed by atoms with E-state index >= 15 is 0 Å². The lowest BCUT2D eigenvalue weighted by Crippen LogP contribution is -1.81. The average molecular weight is 171 g/mol. The Kier molecular flexibility index (Phi) is 2.13. The average Bonchev–Trinajstić information content (AvgIpc) is 2.57. The Labute approximate surface area is 77.3 Å². The maximum atomic E-state index is 4.39. The van der Waals surface area contributed by atoms with Crippen LogP contribution < -0.4 is 0 Å². The number of aromatic nitrogens is 2. The molecule has 1 heterocycles. The van der Waals surface area contributed by atoms with Crippen molar-refractivity contribution in [3.63, 3.8) is 0 Å². The molecule has 0 aliphatic carbocycles. The molecule has 0 amide bonds. The molecule has 0 aliphatic heterocycles. The Morgan fingerprint density at radius 3 is 3.00 bits per heavy atom. The van der Waals surface area contributed by atoms with Crippen LogP contribution >= 0.6 is 0 Å². The van der Waals surface area contributed by atoms with Crippen LogP contribution in [0.25, 0.3) is 11.0 Å². The minimum atomic E-state index is 0.847. The second-order valence-corrected chi connectivity index (χ2v) is 2.87. The van der Waals surface area contributed by atoms with E-state index in [9.17, 15) is 0 Å². The lowest BCUT2D eigenvalue weighted by atomic mass is 10.3. The number of aromatic amines is 1. The molecule has 0 atom stereocenters. The summed E-state index contributed by atoms with van der Waals surface area (Å²) < 4.78 is 0. The van der Waals surface area contributed by atoms with Crippen molar-refractivity contribution < 1.29 is 0 Å². The first-order valence-corrected chi connectivity index (χ1v) is 4.29. The number of fused-ring (bicyclic) bond motifs is 1. The van der Waals surface area contributed by atoms with E-state index < -0.39 is 0 Å². The van der Waals surface area contributed by atoms with Crippen molar-refractivity contribution in [1.29, 1.82) is 0 Å². The topological polar surface area (TPSA) is 28.7 Å². The molecule has 0 unspecified atom stereocenters. The molecule has 0 saturated carbocycles. The first-order chi connectivity index (χ1) is 6.40. The summed E-state index contributed by atoms with van der Waals surface area (Å²) >= 11 is 0. The smallest absolute Gasteiger partial charge is 0.111 e. The van der Waals surface area contributed by atoms with Crippen molar-refractivity contribution in [1.82, 2.24) is 9.97 Å². The number of hydrogen-bond acceptors (Lipinski definition) is 1. The molecule has 2 rings (SSSR count). The zero-order chi connectivity index (χ0) is 9.10. The van der Waals surface area contributed by atoms with E-state index in [1.807, 2.05) is 36.8 Å². The monoisotopic (exact) mass is 171 g/mol. The van der Waals surface area contributed by atoms with Gasteiger partial charge in [0.1, 0.15) is 5.82 Å². The third kappa shape index (κ3) is 1.61. The fourth-order valence-corrected chi connectivity index (χ4v) is 1.26. The lowest BCUT2D eigenvalue weighted by Gasteiger charge is -1.87. The third-order valence-corrected chi connectivity index (χ3v) is 1.89. The number of nitrogens with zero attached hydrogens (tertiary/aromatic N) is 1. The Morgan fingerprint density at radius 1 is 1.38 bits per heavy atom. The molecule has 2 heteroatoms. The number of imidazole rings is 1. The van der Waals surface area contributed by atoms with Gasteiger partial charge >= 0.3 is 0 Å². The minimum absolute atomic E-state index is 0.847. The SMILES string of the molecule is C=CC[CH]c1nc2ccccc2[nH]1. The van der Waals surface area contributed by atoms with E-state index in [1.165, 1.54) is 0 Å². The van der Waals surface area contributed by atoms with E-state index in [0.29, 0.717) is 0 Å². The van der Waals surface area contributed by atoms with E-state index in [-0.39, 0.29) is 0 Å². The summed E-state index contributed by atoms with van der Waals surface area (Å²) in [6.07, 6.45) is 4.72. The Bertz CT molecular complexity index is 382. The molecular formula is C11H11N2. The zero-order valence-electron chi connectivity index (χ0n) is 7.33. The fraction of sp³-hybridized carbons (Fsp3) is 0.0909. The van der Waals surface area contributed by atoms with Crippen LogP contribution in [0.15, 0.2) is 36.9 Å². The summed E-state index contributed by atoms with van der Waals surface area (Å²) in [6, 6.07) is 8.00. The Balaban J connectivity index is 2.32. The van der Waals surface area contributed by atoms with Gasteiger partial charge in [0.05, 0.1) is 11.0 Å². The first kappa shape index (κ1) is 8.05. The van der Waals surface area contributed by atoms with Crippen LogP contribution in [0.4, 0.5) is 0 Å². The molecule has 1 radical (unpaired) electrons. The van der Waals surface area contributed by atoms with Gasteiger partial charge in [0.15, 0.2) is 0 Å². The van der Waals surface area contributed by atoms with Crippen molar-refractivity contribution in [3.05, 3.63) is 49.2 Å². The van der Waals surface area contributed by atoms with Gasteiger partial charge in [-0.1, -0.05) is 18.2 Å². The highest BCUT2D eigenvalue weighted by Gasteiger charge is 1.99. The van der Waals surface area contributed by atoms with Gasteiger partial charge in [0, 0.05) is 6.42 Å². The standard InChI is InChI=1S/C11H11N2/c1-2-3-8-11-12-9-6-4-5-7-10(9)13-11/h2,4-8H,1,3H2,(H,12,13). The Morgan fingerprint density at radius 2 is 2.23 bits per heavy atom. The molecule has 0 fully saturated rings. The van der Waals surface area contributed by atoms with Crippen molar-refractivity contribution in [2.24, 2.45) is 0 Å². The number of hydrogen-bond donors (Lipinski definition) is 1. The largest absolute Gasteiger partial charge is 0.342 e. The van der Waals surface area contributed by atoms with Crippen LogP contribution in [0, 0.1) is 6.42 Å². The normalized spacial score (nSPS) is 10.5. The highest BCUT2D eigenvalue weighted by atomic mass is 14.9. The molecule has 0 saturated heterocycles. The minimum Gasteiger partial charge on any atom is -0.342 e. The molecule has 1 aromatic heterocycles. The quantitative estimate of drug-likeness (QED) is 0.707. The number of H-pyrrole nitrogens is 1. The fourth-order valence-electron chi connectivity index (χ4n) is 1.26. The highest BCUT2D eigenvalue weighted by Crippen LogP contribution is 2.11. The summed E-state index contributed by atoms with van der Waals surface area (Å²) in [6.45, 7) is 3.66. The van der Waals surface area contributed by atoms with Gasteiger partial charge in [0.2, 0.25) is 0 Å². The van der Waals surface area contributed by atoms with Gasteiger partial charge < -0.3 is 4.98 Å². The highest BCUT2D eigenvalue weighted by molar-refractivity contribution is 5.74. The Hall–Kier alpha value is -1.57. The van der Waals surface area contributed by atoms with Gasteiger partial charge in [0.25, 0.3) is 0 Å². The van der Waals surface area contributed by atoms with E-state index in [1.54, 1.807) is 0 Å². The van der Waals surface area contributed by atoms with Gasteiger partial charge in [-0.25, -0.2) is 4.98 Å². The summed E-state index contributed by atoms with van der Waals surface area (Å²) in [7, 11) is 0. The predicted molar refractivity (Wildman–Crippen MR) is 54.3 cm³/mol. The number of rotatable bonds is 3. The summed E-state index contributed by atoms with van der Waals surface area (Å²) in [5.74, 6) is 0.918. The van der Waals surface area contributed by atoms with Gasteiger partial charge in [-0.05, 0) is 18.6 Å². The van der Waals surface area contributed by atoms with Gasteiger partial charge in [-0.15, -0.1) is 6.58 Å². The number of benzene rings is 1. The zero-order valence-corrected chi connectivity index (χ0v) is 7.33.